The summed E-state index contributed by atoms with van der Waals surface area (Å²) in [6.45, 7) is 0.845. The molecule has 0 radical (unpaired) electrons. The molecular formula is C16H20N2. The Labute approximate surface area is 108 Å². The second kappa shape index (κ2) is 5.07. The Bertz CT molecular complexity index is 527. The number of hydrogen-bond donors (Lipinski definition) is 1. The highest BCUT2D eigenvalue weighted by Gasteiger charge is 2.22. The van der Waals surface area contributed by atoms with Gasteiger partial charge in [0, 0.05) is 17.0 Å². The molecule has 2 aromatic rings. The van der Waals surface area contributed by atoms with E-state index >= 15 is 0 Å². The third-order valence-electron chi connectivity index (χ3n) is 4.22. The van der Waals surface area contributed by atoms with Crippen molar-refractivity contribution in [2.45, 2.75) is 31.6 Å². The quantitative estimate of drug-likeness (QED) is 0.873. The van der Waals surface area contributed by atoms with E-state index in [1.807, 2.05) is 0 Å². The van der Waals surface area contributed by atoms with E-state index in [0.717, 1.165) is 18.0 Å². The average Bonchev–Trinajstić information content (AvgIpc) is 2.47. The van der Waals surface area contributed by atoms with Crippen LogP contribution in [0.1, 0.15) is 37.3 Å². The Balaban J connectivity index is 1.82. The Kier molecular flexibility index (Phi) is 3.28. The third-order valence-corrected chi connectivity index (χ3v) is 4.22. The summed E-state index contributed by atoms with van der Waals surface area (Å²) in [5.41, 5.74) is 8.14. The number of nitrogens with zero attached hydrogens (tertiary/aromatic N) is 1. The number of para-hydroxylation sites is 1. The first-order chi connectivity index (χ1) is 8.86. The molecule has 1 aromatic carbocycles. The van der Waals surface area contributed by atoms with Gasteiger partial charge in [-0.25, -0.2) is 0 Å². The van der Waals surface area contributed by atoms with E-state index in [4.69, 9.17) is 10.7 Å². The molecule has 18 heavy (non-hydrogen) atoms. The molecule has 2 nitrogen and oxygen atoms in total. The van der Waals surface area contributed by atoms with Crippen molar-refractivity contribution < 1.29 is 0 Å². The lowest BCUT2D eigenvalue weighted by Gasteiger charge is -2.27. The van der Waals surface area contributed by atoms with Crippen LogP contribution in [-0.4, -0.2) is 11.5 Å². The highest BCUT2D eigenvalue weighted by Crippen LogP contribution is 2.34. The normalized spacial score (nSPS) is 24.3. The molecule has 0 aliphatic heterocycles. The zero-order valence-corrected chi connectivity index (χ0v) is 10.7. The van der Waals surface area contributed by atoms with Gasteiger partial charge in [-0.15, -0.1) is 0 Å². The van der Waals surface area contributed by atoms with Gasteiger partial charge in [-0.05, 0) is 50.3 Å². The lowest BCUT2D eigenvalue weighted by Crippen LogP contribution is -2.20. The Morgan fingerprint density at radius 2 is 1.78 bits per heavy atom. The first-order valence-electron chi connectivity index (χ1n) is 6.92. The first-order valence-corrected chi connectivity index (χ1v) is 6.92. The van der Waals surface area contributed by atoms with Crippen LogP contribution < -0.4 is 5.73 Å². The fraction of sp³-hybridized carbons (Fsp3) is 0.438. The molecule has 1 aliphatic carbocycles. The second-order valence-corrected chi connectivity index (χ2v) is 5.38. The van der Waals surface area contributed by atoms with Gasteiger partial charge in [0.25, 0.3) is 0 Å². The predicted molar refractivity (Wildman–Crippen MR) is 75.5 cm³/mol. The van der Waals surface area contributed by atoms with Crippen LogP contribution in [0.4, 0.5) is 0 Å². The Morgan fingerprint density at radius 3 is 2.56 bits per heavy atom. The SMILES string of the molecule is NCC1CCC(c2ccc3ccccc3n2)CC1. The third kappa shape index (κ3) is 2.25. The highest BCUT2D eigenvalue weighted by molar-refractivity contribution is 5.78. The molecule has 3 rings (SSSR count). The summed E-state index contributed by atoms with van der Waals surface area (Å²) in [5, 5.41) is 1.23. The zero-order chi connectivity index (χ0) is 12.4. The van der Waals surface area contributed by atoms with Gasteiger partial charge in [0.05, 0.1) is 5.52 Å². The van der Waals surface area contributed by atoms with Crippen molar-refractivity contribution >= 4 is 10.9 Å². The monoisotopic (exact) mass is 240 g/mol. The standard InChI is InChI=1S/C16H20N2/c17-11-12-5-7-14(8-6-12)16-10-9-13-3-1-2-4-15(13)18-16/h1-4,9-10,12,14H,5-8,11,17H2. The van der Waals surface area contributed by atoms with Gasteiger partial charge in [-0.1, -0.05) is 24.3 Å². The minimum Gasteiger partial charge on any atom is -0.330 e. The molecule has 1 saturated carbocycles. The number of pyridine rings is 1. The Hall–Kier alpha value is -1.41. The predicted octanol–water partition coefficient (Wildman–Crippen LogP) is 3.47. The van der Waals surface area contributed by atoms with Gasteiger partial charge in [0.2, 0.25) is 0 Å². The van der Waals surface area contributed by atoms with E-state index in [0.29, 0.717) is 5.92 Å². The number of benzene rings is 1. The van der Waals surface area contributed by atoms with Crippen molar-refractivity contribution in [3.05, 3.63) is 42.1 Å². The van der Waals surface area contributed by atoms with Crippen LogP contribution in [0, 0.1) is 5.92 Å². The van der Waals surface area contributed by atoms with Crippen molar-refractivity contribution in [3.8, 4) is 0 Å². The molecule has 1 fully saturated rings. The number of hydrogen-bond acceptors (Lipinski definition) is 2. The topological polar surface area (TPSA) is 38.9 Å². The van der Waals surface area contributed by atoms with Crippen LogP contribution in [0.5, 0.6) is 0 Å². The van der Waals surface area contributed by atoms with Gasteiger partial charge in [-0.2, -0.15) is 0 Å². The van der Waals surface area contributed by atoms with Gasteiger partial charge >= 0.3 is 0 Å². The molecule has 0 saturated heterocycles. The van der Waals surface area contributed by atoms with Crippen LogP contribution in [0.2, 0.25) is 0 Å². The van der Waals surface area contributed by atoms with Crippen LogP contribution in [0.3, 0.4) is 0 Å². The maximum atomic E-state index is 5.75. The van der Waals surface area contributed by atoms with Gasteiger partial charge < -0.3 is 5.73 Å². The van der Waals surface area contributed by atoms with E-state index in [1.54, 1.807) is 0 Å². The number of aromatic nitrogens is 1. The lowest BCUT2D eigenvalue weighted by atomic mass is 9.80. The summed E-state index contributed by atoms with van der Waals surface area (Å²) in [5.74, 6) is 1.37. The minimum atomic E-state index is 0.636. The Morgan fingerprint density at radius 1 is 1.00 bits per heavy atom. The molecule has 0 amide bonds. The zero-order valence-electron chi connectivity index (χ0n) is 10.7. The van der Waals surface area contributed by atoms with E-state index < -0.39 is 0 Å². The van der Waals surface area contributed by atoms with Crippen molar-refractivity contribution in [2.24, 2.45) is 11.7 Å². The summed E-state index contributed by atoms with van der Waals surface area (Å²) < 4.78 is 0. The smallest absolute Gasteiger partial charge is 0.0705 e. The first kappa shape index (κ1) is 11.7. The van der Waals surface area contributed by atoms with Gasteiger partial charge in [0.15, 0.2) is 0 Å². The van der Waals surface area contributed by atoms with E-state index in [1.165, 1.54) is 36.8 Å². The van der Waals surface area contributed by atoms with Crippen molar-refractivity contribution in [3.63, 3.8) is 0 Å². The number of nitrogens with two attached hydrogens (primary N) is 1. The molecule has 0 unspecified atom stereocenters. The van der Waals surface area contributed by atoms with Gasteiger partial charge in [0.1, 0.15) is 0 Å². The summed E-state index contributed by atoms with van der Waals surface area (Å²) >= 11 is 0. The summed E-state index contributed by atoms with van der Waals surface area (Å²) in [7, 11) is 0. The molecule has 2 heteroatoms. The summed E-state index contributed by atoms with van der Waals surface area (Å²) in [4.78, 5) is 4.82. The fourth-order valence-electron chi connectivity index (χ4n) is 3.00. The minimum absolute atomic E-state index is 0.636. The fourth-order valence-corrected chi connectivity index (χ4v) is 3.00. The molecule has 94 valence electrons. The largest absolute Gasteiger partial charge is 0.330 e. The molecule has 2 N–H and O–H groups in total. The maximum Gasteiger partial charge on any atom is 0.0705 e. The molecule has 0 bridgehead atoms. The highest BCUT2D eigenvalue weighted by atomic mass is 14.7. The van der Waals surface area contributed by atoms with Crippen LogP contribution >= 0.6 is 0 Å². The second-order valence-electron chi connectivity index (χ2n) is 5.38. The molecule has 1 heterocycles. The molecule has 0 spiro atoms. The van der Waals surface area contributed by atoms with E-state index in [9.17, 15) is 0 Å². The summed E-state index contributed by atoms with van der Waals surface area (Å²) in [6, 6.07) is 12.8. The van der Waals surface area contributed by atoms with Crippen molar-refractivity contribution in [1.82, 2.24) is 4.98 Å². The van der Waals surface area contributed by atoms with Crippen molar-refractivity contribution in [1.29, 1.82) is 0 Å². The van der Waals surface area contributed by atoms with Crippen molar-refractivity contribution in [2.75, 3.05) is 6.54 Å². The summed E-state index contributed by atoms with van der Waals surface area (Å²) in [6.07, 6.45) is 5.01. The molecule has 1 aliphatic rings. The lowest BCUT2D eigenvalue weighted by molar-refractivity contribution is 0.329. The average molecular weight is 240 g/mol. The number of rotatable bonds is 2. The van der Waals surface area contributed by atoms with E-state index in [2.05, 4.69) is 36.4 Å². The van der Waals surface area contributed by atoms with E-state index in [-0.39, 0.29) is 0 Å². The molecular weight excluding hydrogens is 220 g/mol. The number of fused-ring (bicyclic) bond motifs is 1. The van der Waals surface area contributed by atoms with Crippen LogP contribution in [0.25, 0.3) is 10.9 Å². The molecule has 1 aromatic heterocycles. The van der Waals surface area contributed by atoms with Crippen LogP contribution in [-0.2, 0) is 0 Å². The molecule has 0 atom stereocenters. The van der Waals surface area contributed by atoms with Crippen LogP contribution in [0.15, 0.2) is 36.4 Å². The van der Waals surface area contributed by atoms with Gasteiger partial charge in [-0.3, -0.25) is 4.98 Å². The maximum absolute atomic E-state index is 5.75.